The van der Waals surface area contributed by atoms with Crippen molar-refractivity contribution in [3.63, 3.8) is 0 Å². The van der Waals surface area contributed by atoms with Crippen LogP contribution in [0.4, 0.5) is 17.6 Å². The summed E-state index contributed by atoms with van der Waals surface area (Å²) in [6.07, 6.45) is -3.95. The van der Waals surface area contributed by atoms with Gasteiger partial charge in [-0.3, -0.25) is 4.79 Å². The number of nitrogens with one attached hydrogen (secondary N) is 1. The number of carboxylic acid groups (broad SMARTS) is 1. The summed E-state index contributed by atoms with van der Waals surface area (Å²) < 4.78 is 56.4. The Morgan fingerprint density at radius 2 is 1.88 bits per heavy atom. The number of carbonyl (C=O) groups is 1. The number of aromatic nitrogens is 1. The molecule has 0 spiro atoms. The molecule has 0 aliphatic heterocycles. The number of rotatable bonds is 4. The molecular formula is C17H11F4NO3. The van der Waals surface area contributed by atoms with Gasteiger partial charge in [-0.25, -0.2) is 4.39 Å². The molecule has 2 N–H and O–H groups in total. The zero-order valence-corrected chi connectivity index (χ0v) is 12.5. The zero-order valence-electron chi connectivity index (χ0n) is 12.5. The summed E-state index contributed by atoms with van der Waals surface area (Å²) in [5.74, 6) is -2.49. The third kappa shape index (κ3) is 3.42. The first-order valence-electron chi connectivity index (χ1n) is 7.11. The van der Waals surface area contributed by atoms with Crippen molar-refractivity contribution in [1.29, 1.82) is 0 Å². The van der Waals surface area contributed by atoms with Crippen LogP contribution in [-0.4, -0.2) is 22.4 Å². The highest BCUT2D eigenvalue weighted by Crippen LogP contribution is 2.40. The minimum absolute atomic E-state index is 0.117. The number of ether oxygens (including phenoxy) is 1. The van der Waals surface area contributed by atoms with E-state index in [9.17, 15) is 22.4 Å². The monoisotopic (exact) mass is 353 g/mol. The van der Waals surface area contributed by atoms with Gasteiger partial charge in [0.05, 0.1) is 6.42 Å². The quantitative estimate of drug-likeness (QED) is 0.679. The molecule has 0 aliphatic carbocycles. The number of H-pyrrole nitrogens is 1. The van der Waals surface area contributed by atoms with Crippen LogP contribution in [-0.2, 0) is 11.2 Å². The van der Waals surface area contributed by atoms with Gasteiger partial charge in [0.15, 0.2) is 0 Å². The van der Waals surface area contributed by atoms with E-state index in [0.29, 0.717) is 5.52 Å². The van der Waals surface area contributed by atoms with Gasteiger partial charge in [-0.1, -0.05) is 18.2 Å². The number of hydrogen-bond acceptors (Lipinski definition) is 2. The molecule has 0 bridgehead atoms. The Balaban J connectivity index is 2.27. The van der Waals surface area contributed by atoms with E-state index in [1.165, 1.54) is 30.5 Å². The van der Waals surface area contributed by atoms with Crippen LogP contribution in [0, 0.1) is 5.82 Å². The summed E-state index contributed by atoms with van der Waals surface area (Å²) in [5, 5.41) is 9.21. The number of aromatic amines is 1. The van der Waals surface area contributed by atoms with E-state index in [1.807, 2.05) is 0 Å². The van der Waals surface area contributed by atoms with Gasteiger partial charge < -0.3 is 14.8 Å². The molecule has 0 amide bonds. The molecule has 130 valence electrons. The average Bonchev–Trinajstić information content (AvgIpc) is 2.89. The predicted octanol–water partition coefficient (Wildman–Crippen LogP) is 4.50. The highest BCUT2D eigenvalue weighted by atomic mass is 19.4. The van der Waals surface area contributed by atoms with Crippen molar-refractivity contribution in [1.82, 2.24) is 4.98 Å². The largest absolute Gasteiger partial charge is 0.573 e. The maximum Gasteiger partial charge on any atom is 0.573 e. The van der Waals surface area contributed by atoms with Gasteiger partial charge in [-0.05, 0) is 23.8 Å². The van der Waals surface area contributed by atoms with E-state index in [2.05, 4.69) is 9.72 Å². The third-order valence-electron chi connectivity index (χ3n) is 3.60. The lowest BCUT2D eigenvalue weighted by Crippen LogP contribution is -2.17. The van der Waals surface area contributed by atoms with Crippen molar-refractivity contribution in [3.8, 4) is 16.9 Å². The van der Waals surface area contributed by atoms with Crippen LogP contribution < -0.4 is 4.74 Å². The van der Waals surface area contributed by atoms with Crippen LogP contribution in [0.15, 0.2) is 42.6 Å². The number of fused-ring (bicyclic) bond motifs is 1. The van der Waals surface area contributed by atoms with E-state index in [-0.39, 0.29) is 22.1 Å². The van der Waals surface area contributed by atoms with Crippen LogP contribution in [0.3, 0.4) is 0 Å². The van der Waals surface area contributed by atoms with Crippen molar-refractivity contribution < 1.29 is 32.2 Å². The molecular weight excluding hydrogens is 342 g/mol. The first kappa shape index (κ1) is 16.8. The molecule has 0 saturated carbocycles. The smallest absolute Gasteiger partial charge is 0.481 e. The van der Waals surface area contributed by atoms with Crippen molar-refractivity contribution in [2.45, 2.75) is 12.8 Å². The van der Waals surface area contributed by atoms with Crippen LogP contribution in [0.25, 0.3) is 22.0 Å². The lowest BCUT2D eigenvalue weighted by Gasteiger charge is -2.15. The summed E-state index contributed by atoms with van der Waals surface area (Å²) in [6.45, 7) is 0. The molecule has 3 rings (SSSR count). The second kappa shape index (κ2) is 6.12. The fourth-order valence-corrected chi connectivity index (χ4v) is 2.72. The maximum absolute atomic E-state index is 14.5. The minimum atomic E-state index is -4.94. The molecule has 0 aliphatic rings. The van der Waals surface area contributed by atoms with Crippen LogP contribution in [0.2, 0.25) is 0 Å². The first-order valence-corrected chi connectivity index (χ1v) is 7.11. The van der Waals surface area contributed by atoms with E-state index in [0.717, 1.165) is 12.1 Å². The summed E-state index contributed by atoms with van der Waals surface area (Å²) in [4.78, 5) is 13.8. The minimum Gasteiger partial charge on any atom is -0.481 e. The maximum atomic E-state index is 14.5. The van der Waals surface area contributed by atoms with Crippen LogP contribution >= 0.6 is 0 Å². The molecule has 0 unspecified atom stereocenters. The Kier molecular flexibility index (Phi) is 4.12. The Bertz CT molecular complexity index is 947. The lowest BCUT2D eigenvalue weighted by atomic mass is 9.97. The van der Waals surface area contributed by atoms with Crippen molar-refractivity contribution in [3.05, 3.63) is 54.0 Å². The zero-order chi connectivity index (χ0) is 18.2. The Morgan fingerprint density at radius 3 is 2.56 bits per heavy atom. The molecule has 0 fully saturated rings. The molecule has 25 heavy (non-hydrogen) atoms. The number of aliphatic carboxylic acids is 1. The van der Waals surface area contributed by atoms with Gasteiger partial charge in [0.2, 0.25) is 0 Å². The fourth-order valence-electron chi connectivity index (χ4n) is 2.72. The van der Waals surface area contributed by atoms with Gasteiger partial charge in [-0.15, -0.1) is 13.2 Å². The summed E-state index contributed by atoms with van der Waals surface area (Å²) >= 11 is 0. The second-order valence-corrected chi connectivity index (χ2v) is 5.27. The number of carboxylic acids is 1. The van der Waals surface area contributed by atoms with E-state index >= 15 is 0 Å². The lowest BCUT2D eigenvalue weighted by molar-refractivity contribution is -0.274. The van der Waals surface area contributed by atoms with E-state index in [1.54, 1.807) is 0 Å². The molecule has 0 saturated heterocycles. The number of hydrogen-bond donors (Lipinski definition) is 2. The topological polar surface area (TPSA) is 62.3 Å². The molecule has 0 atom stereocenters. The van der Waals surface area contributed by atoms with Crippen LogP contribution in [0.1, 0.15) is 5.56 Å². The molecule has 1 heterocycles. The van der Waals surface area contributed by atoms with Gasteiger partial charge in [0.1, 0.15) is 11.6 Å². The standard InChI is InChI=1S/C17H11F4NO3/c18-11-5-6-12-15(9(8-22-12)7-14(23)24)16(11)10-3-1-2-4-13(10)25-17(19,20)21/h1-6,8,22H,7H2,(H,23,24). The van der Waals surface area contributed by atoms with E-state index < -0.39 is 30.3 Å². The fraction of sp³-hybridized carbons (Fsp3) is 0.118. The number of halogens is 4. The van der Waals surface area contributed by atoms with Crippen molar-refractivity contribution in [2.24, 2.45) is 0 Å². The molecule has 1 aromatic heterocycles. The van der Waals surface area contributed by atoms with Gasteiger partial charge >= 0.3 is 12.3 Å². The highest BCUT2D eigenvalue weighted by molar-refractivity contribution is 6.00. The van der Waals surface area contributed by atoms with Gasteiger partial charge in [0, 0.05) is 28.2 Å². The normalized spacial score (nSPS) is 11.7. The van der Waals surface area contributed by atoms with E-state index in [4.69, 9.17) is 5.11 Å². The summed E-state index contributed by atoms with van der Waals surface area (Å²) in [6, 6.07) is 7.63. The average molecular weight is 353 g/mol. The molecule has 2 aromatic carbocycles. The molecule has 8 heteroatoms. The van der Waals surface area contributed by atoms with Gasteiger partial charge in [-0.2, -0.15) is 0 Å². The van der Waals surface area contributed by atoms with Gasteiger partial charge in [0.25, 0.3) is 0 Å². The summed E-state index contributed by atoms with van der Waals surface area (Å²) in [5.41, 5.74) is 0.414. The predicted molar refractivity (Wildman–Crippen MR) is 81.7 cm³/mol. The SMILES string of the molecule is O=C(O)Cc1c[nH]c2ccc(F)c(-c3ccccc3OC(F)(F)F)c12. The Hall–Kier alpha value is -3.03. The molecule has 4 nitrogen and oxygen atoms in total. The molecule has 0 radical (unpaired) electrons. The van der Waals surface area contributed by atoms with Crippen molar-refractivity contribution >= 4 is 16.9 Å². The second-order valence-electron chi connectivity index (χ2n) is 5.27. The van der Waals surface area contributed by atoms with Crippen LogP contribution in [0.5, 0.6) is 5.75 Å². The Morgan fingerprint density at radius 1 is 1.16 bits per heavy atom. The summed E-state index contributed by atoms with van der Waals surface area (Å²) in [7, 11) is 0. The Labute approximate surface area is 138 Å². The number of benzene rings is 2. The third-order valence-corrected chi connectivity index (χ3v) is 3.60. The number of para-hydroxylation sites is 1. The molecule has 3 aromatic rings. The number of alkyl halides is 3. The highest BCUT2D eigenvalue weighted by Gasteiger charge is 2.32. The van der Waals surface area contributed by atoms with Crippen molar-refractivity contribution in [2.75, 3.05) is 0 Å². The first-order chi connectivity index (χ1) is 11.8.